The minimum absolute atomic E-state index is 0.0313. The molecule has 3 amide bonds. The first-order chi connectivity index (χ1) is 10.6. The van der Waals surface area contributed by atoms with Crippen molar-refractivity contribution in [3.63, 3.8) is 0 Å². The lowest BCUT2D eigenvalue weighted by molar-refractivity contribution is -0.138. The zero-order chi connectivity index (χ0) is 15.7. The molecule has 3 heterocycles. The van der Waals surface area contributed by atoms with E-state index < -0.39 is 11.9 Å². The molecule has 1 aliphatic heterocycles. The number of fused-ring (bicyclic) bond motifs is 1. The number of pyridine rings is 1. The summed E-state index contributed by atoms with van der Waals surface area (Å²) >= 11 is 0. The minimum atomic E-state index is -0.706. The standard InChI is InChI=1S/C15H16N4O3/c1-2-19(11-8-13(20)17-15(11)22)14(21)7-10-9-18-6-4-3-5-12(18)16-10/h3-6,9,11H,2,7-8H2,1H3,(H,17,20,22)/t11-/m0/s1. The van der Waals surface area contributed by atoms with E-state index in [4.69, 9.17) is 0 Å². The summed E-state index contributed by atoms with van der Waals surface area (Å²) in [6.45, 7) is 2.16. The third kappa shape index (κ3) is 2.57. The molecule has 7 nitrogen and oxygen atoms in total. The van der Waals surface area contributed by atoms with Crippen LogP contribution in [0.25, 0.3) is 5.65 Å². The fraction of sp³-hybridized carbons (Fsp3) is 0.333. The van der Waals surface area contributed by atoms with Gasteiger partial charge in [-0.1, -0.05) is 6.07 Å². The number of amides is 3. The number of imidazole rings is 1. The van der Waals surface area contributed by atoms with Gasteiger partial charge in [0.15, 0.2) is 0 Å². The Hall–Kier alpha value is -2.70. The highest BCUT2D eigenvalue weighted by Crippen LogP contribution is 2.13. The molecule has 1 fully saturated rings. The van der Waals surface area contributed by atoms with Gasteiger partial charge in [-0.15, -0.1) is 0 Å². The Balaban J connectivity index is 1.77. The zero-order valence-electron chi connectivity index (χ0n) is 12.2. The van der Waals surface area contributed by atoms with Gasteiger partial charge in [-0.2, -0.15) is 0 Å². The molecule has 1 saturated heterocycles. The molecule has 0 aliphatic carbocycles. The summed E-state index contributed by atoms with van der Waals surface area (Å²) < 4.78 is 1.84. The van der Waals surface area contributed by atoms with Gasteiger partial charge in [0.05, 0.1) is 18.5 Å². The van der Waals surface area contributed by atoms with Gasteiger partial charge >= 0.3 is 0 Å². The molecule has 0 spiro atoms. The summed E-state index contributed by atoms with van der Waals surface area (Å²) in [4.78, 5) is 41.3. The molecule has 0 radical (unpaired) electrons. The number of hydrogen-bond donors (Lipinski definition) is 1. The van der Waals surface area contributed by atoms with Crippen LogP contribution < -0.4 is 5.32 Å². The number of nitrogens with one attached hydrogen (secondary N) is 1. The van der Waals surface area contributed by atoms with Crippen molar-refractivity contribution in [2.45, 2.75) is 25.8 Å². The fourth-order valence-electron chi connectivity index (χ4n) is 2.69. The van der Waals surface area contributed by atoms with Crippen molar-refractivity contribution in [2.75, 3.05) is 6.54 Å². The van der Waals surface area contributed by atoms with Crippen LogP contribution in [0.5, 0.6) is 0 Å². The molecule has 1 N–H and O–H groups in total. The monoisotopic (exact) mass is 300 g/mol. The Morgan fingerprint density at radius 1 is 1.45 bits per heavy atom. The van der Waals surface area contributed by atoms with E-state index in [1.54, 1.807) is 13.1 Å². The quantitative estimate of drug-likeness (QED) is 0.814. The molecule has 2 aromatic heterocycles. The average molecular weight is 300 g/mol. The van der Waals surface area contributed by atoms with Gasteiger partial charge in [-0.05, 0) is 19.1 Å². The normalized spacial score (nSPS) is 17.8. The van der Waals surface area contributed by atoms with Crippen molar-refractivity contribution in [3.05, 3.63) is 36.3 Å². The maximum atomic E-state index is 12.4. The lowest BCUT2D eigenvalue weighted by Crippen LogP contribution is -2.45. The minimum Gasteiger partial charge on any atom is -0.330 e. The van der Waals surface area contributed by atoms with Crippen molar-refractivity contribution in [3.8, 4) is 0 Å². The van der Waals surface area contributed by atoms with Crippen LogP contribution in [-0.4, -0.2) is 44.6 Å². The highest BCUT2D eigenvalue weighted by molar-refractivity contribution is 6.06. The number of nitrogens with zero attached hydrogens (tertiary/aromatic N) is 3. The van der Waals surface area contributed by atoms with E-state index in [2.05, 4.69) is 10.3 Å². The van der Waals surface area contributed by atoms with E-state index >= 15 is 0 Å². The Bertz CT molecular complexity index is 719. The van der Waals surface area contributed by atoms with Gasteiger partial charge in [0.25, 0.3) is 0 Å². The van der Waals surface area contributed by atoms with Crippen molar-refractivity contribution in [1.29, 1.82) is 0 Å². The third-order valence-electron chi connectivity index (χ3n) is 3.73. The molecular formula is C15H16N4O3. The third-order valence-corrected chi connectivity index (χ3v) is 3.73. The Morgan fingerprint density at radius 3 is 2.91 bits per heavy atom. The number of aromatic nitrogens is 2. The van der Waals surface area contributed by atoms with E-state index in [0.717, 1.165) is 5.65 Å². The number of carbonyl (C=O) groups is 3. The first-order valence-electron chi connectivity index (χ1n) is 7.14. The van der Waals surface area contributed by atoms with Gasteiger partial charge in [-0.3, -0.25) is 19.7 Å². The molecule has 1 aliphatic rings. The number of hydrogen-bond acceptors (Lipinski definition) is 4. The van der Waals surface area contributed by atoms with Crippen molar-refractivity contribution in [2.24, 2.45) is 0 Å². The van der Waals surface area contributed by atoms with Crippen LogP contribution in [0.4, 0.5) is 0 Å². The molecule has 0 bridgehead atoms. The van der Waals surface area contributed by atoms with Crippen LogP contribution in [0, 0.1) is 0 Å². The number of likely N-dealkylation sites (N-methyl/N-ethyl adjacent to an activating group) is 1. The van der Waals surface area contributed by atoms with Crippen LogP contribution in [0.15, 0.2) is 30.6 Å². The summed E-state index contributed by atoms with van der Waals surface area (Å²) in [6.07, 6.45) is 3.79. The van der Waals surface area contributed by atoms with Crippen LogP contribution >= 0.6 is 0 Å². The fourth-order valence-corrected chi connectivity index (χ4v) is 2.69. The van der Waals surface area contributed by atoms with E-state index in [1.807, 2.05) is 28.8 Å². The van der Waals surface area contributed by atoms with E-state index in [9.17, 15) is 14.4 Å². The second-order valence-corrected chi connectivity index (χ2v) is 5.19. The molecule has 22 heavy (non-hydrogen) atoms. The SMILES string of the molecule is CCN(C(=O)Cc1cn2ccccc2n1)[C@H]1CC(=O)NC1=O. The Kier molecular flexibility index (Phi) is 3.62. The molecule has 1 atom stereocenters. The number of carbonyl (C=O) groups excluding carboxylic acids is 3. The van der Waals surface area contributed by atoms with E-state index in [0.29, 0.717) is 12.2 Å². The molecule has 0 unspecified atom stereocenters. The summed E-state index contributed by atoms with van der Waals surface area (Å²) in [6, 6.07) is 4.91. The summed E-state index contributed by atoms with van der Waals surface area (Å²) in [5.41, 5.74) is 1.40. The van der Waals surface area contributed by atoms with E-state index in [1.165, 1.54) is 4.90 Å². The van der Waals surface area contributed by atoms with Gasteiger partial charge in [-0.25, -0.2) is 4.98 Å². The molecule has 2 aromatic rings. The van der Waals surface area contributed by atoms with Gasteiger partial charge in [0.1, 0.15) is 11.7 Å². The van der Waals surface area contributed by atoms with E-state index in [-0.39, 0.29) is 24.7 Å². The lowest BCUT2D eigenvalue weighted by atomic mass is 10.2. The topological polar surface area (TPSA) is 83.8 Å². The Labute approximate surface area is 126 Å². The number of rotatable bonds is 4. The lowest BCUT2D eigenvalue weighted by Gasteiger charge is -2.24. The largest absolute Gasteiger partial charge is 0.330 e. The number of imide groups is 1. The van der Waals surface area contributed by atoms with Crippen LogP contribution in [0.3, 0.4) is 0 Å². The second-order valence-electron chi connectivity index (χ2n) is 5.19. The molecule has 3 rings (SSSR count). The first-order valence-corrected chi connectivity index (χ1v) is 7.14. The van der Waals surface area contributed by atoms with Crippen molar-refractivity contribution >= 4 is 23.4 Å². The van der Waals surface area contributed by atoms with Gasteiger partial charge < -0.3 is 9.30 Å². The summed E-state index contributed by atoms with van der Waals surface area (Å²) in [5, 5.41) is 2.23. The van der Waals surface area contributed by atoms with Crippen molar-refractivity contribution < 1.29 is 14.4 Å². The maximum absolute atomic E-state index is 12.4. The molecule has 0 saturated carbocycles. The van der Waals surface area contributed by atoms with Crippen LogP contribution in [0.1, 0.15) is 19.0 Å². The zero-order valence-corrected chi connectivity index (χ0v) is 12.2. The predicted octanol–water partition coefficient (Wildman–Crippen LogP) is 0.140. The van der Waals surface area contributed by atoms with Gasteiger partial charge in [0, 0.05) is 18.9 Å². The van der Waals surface area contributed by atoms with Gasteiger partial charge in [0.2, 0.25) is 17.7 Å². The first kappa shape index (κ1) is 14.2. The summed E-state index contributed by atoms with van der Waals surface area (Å²) in [5.74, 6) is -0.954. The average Bonchev–Trinajstić information content (AvgIpc) is 3.02. The maximum Gasteiger partial charge on any atom is 0.249 e. The van der Waals surface area contributed by atoms with Crippen LogP contribution in [-0.2, 0) is 20.8 Å². The second kappa shape index (κ2) is 5.59. The highest BCUT2D eigenvalue weighted by Gasteiger charge is 2.37. The molecular weight excluding hydrogens is 284 g/mol. The molecule has 114 valence electrons. The highest BCUT2D eigenvalue weighted by atomic mass is 16.2. The van der Waals surface area contributed by atoms with Crippen LogP contribution in [0.2, 0.25) is 0 Å². The molecule has 7 heteroatoms. The predicted molar refractivity (Wildman–Crippen MR) is 77.8 cm³/mol. The summed E-state index contributed by atoms with van der Waals surface area (Å²) in [7, 11) is 0. The smallest absolute Gasteiger partial charge is 0.249 e. The molecule has 0 aromatic carbocycles. The Morgan fingerprint density at radius 2 is 2.27 bits per heavy atom. The van der Waals surface area contributed by atoms with Crippen molar-refractivity contribution in [1.82, 2.24) is 19.6 Å².